The lowest BCUT2D eigenvalue weighted by molar-refractivity contribution is 0.668. The number of aromatic nitrogens is 2. The van der Waals surface area contributed by atoms with E-state index in [1.165, 1.54) is 32.7 Å². The minimum atomic E-state index is 0.889. The van der Waals surface area contributed by atoms with Gasteiger partial charge >= 0.3 is 0 Å². The molecule has 0 radical (unpaired) electrons. The third-order valence-electron chi connectivity index (χ3n) is 13.3. The minimum absolute atomic E-state index is 0.889. The van der Waals surface area contributed by atoms with Crippen molar-refractivity contribution in [3.05, 3.63) is 224 Å². The lowest BCUT2D eigenvalue weighted by Crippen LogP contribution is -2.10. The van der Waals surface area contributed by atoms with Gasteiger partial charge in [-0.05, 0) is 120 Å². The van der Waals surface area contributed by atoms with Crippen LogP contribution in [0.15, 0.2) is 233 Å². The molecule has 14 aromatic rings. The third kappa shape index (κ3) is 5.46. The summed E-state index contributed by atoms with van der Waals surface area (Å²) < 4.78 is 17.3. The molecular weight excluding hydrogens is 795 g/mol. The van der Waals surface area contributed by atoms with Gasteiger partial charge in [-0.15, -0.1) is 0 Å². The Morgan fingerprint density at radius 3 is 1.18 bits per heavy atom. The van der Waals surface area contributed by atoms with Crippen LogP contribution < -0.4 is 4.90 Å². The predicted octanol–water partition coefficient (Wildman–Crippen LogP) is 16.8. The van der Waals surface area contributed by atoms with E-state index in [9.17, 15) is 0 Å². The molecule has 65 heavy (non-hydrogen) atoms. The molecule has 304 valence electrons. The first-order valence-electron chi connectivity index (χ1n) is 22.1. The van der Waals surface area contributed by atoms with Crippen molar-refractivity contribution in [2.75, 3.05) is 4.90 Å². The summed E-state index contributed by atoms with van der Waals surface area (Å²) in [6.07, 6.45) is 0. The van der Waals surface area contributed by atoms with E-state index < -0.39 is 0 Å². The van der Waals surface area contributed by atoms with Gasteiger partial charge in [-0.3, -0.25) is 0 Å². The minimum Gasteiger partial charge on any atom is -0.456 e. The maximum absolute atomic E-state index is 6.24. The molecule has 0 atom stereocenters. The van der Waals surface area contributed by atoms with Gasteiger partial charge in [0.05, 0.1) is 22.1 Å². The number of benzene rings is 10. The van der Waals surface area contributed by atoms with Crippen LogP contribution in [-0.2, 0) is 0 Å². The Labute approximate surface area is 372 Å². The second-order valence-corrected chi connectivity index (χ2v) is 16.9. The second kappa shape index (κ2) is 13.9. The summed E-state index contributed by atoms with van der Waals surface area (Å²) in [6.45, 7) is 0. The largest absolute Gasteiger partial charge is 0.456 e. The van der Waals surface area contributed by atoms with Gasteiger partial charge in [0.2, 0.25) is 0 Å². The molecule has 0 amide bonds. The van der Waals surface area contributed by atoms with Gasteiger partial charge < -0.3 is 22.9 Å². The van der Waals surface area contributed by atoms with Crippen molar-refractivity contribution in [3.8, 4) is 22.5 Å². The Bertz CT molecular complexity index is 3960. The van der Waals surface area contributed by atoms with E-state index in [1.807, 2.05) is 24.3 Å². The number of rotatable bonds is 6. The second-order valence-electron chi connectivity index (χ2n) is 16.9. The standard InChI is InChI=1S/C60H37N3O2/c1-2-12-38(13-3-1)39-22-24-40(25-23-39)61(41-26-30-55-49(34-41)45-14-4-8-18-53(45)62(55)43-28-32-59-51(36-43)47-16-6-10-20-57(47)64-59)42-27-31-56-50(35-42)46-15-5-9-19-54(46)63(56)44-29-33-60-52(37-44)48-17-7-11-21-58(48)65-60/h1-37H. The lowest BCUT2D eigenvalue weighted by Gasteiger charge is -2.26. The Hall–Kier alpha value is -8.80. The molecule has 0 aliphatic carbocycles. The molecule has 10 aromatic carbocycles. The molecular formula is C60H37N3O2. The van der Waals surface area contributed by atoms with Crippen molar-refractivity contribution >= 4 is 105 Å². The van der Waals surface area contributed by atoms with Gasteiger partial charge in [-0.2, -0.15) is 0 Å². The fourth-order valence-corrected chi connectivity index (χ4v) is 10.3. The van der Waals surface area contributed by atoms with E-state index in [4.69, 9.17) is 8.83 Å². The summed E-state index contributed by atoms with van der Waals surface area (Å²) >= 11 is 0. The van der Waals surface area contributed by atoms with Gasteiger partial charge in [0.1, 0.15) is 22.3 Å². The van der Waals surface area contributed by atoms with Crippen molar-refractivity contribution in [2.45, 2.75) is 0 Å². The zero-order valence-electron chi connectivity index (χ0n) is 35.0. The van der Waals surface area contributed by atoms with Crippen LogP contribution >= 0.6 is 0 Å². The highest BCUT2D eigenvalue weighted by atomic mass is 16.3. The topological polar surface area (TPSA) is 39.4 Å². The summed E-state index contributed by atoms with van der Waals surface area (Å²) in [6, 6.07) is 80.5. The Kier molecular flexibility index (Phi) is 7.62. The van der Waals surface area contributed by atoms with E-state index >= 15 is 0 Å². The van der Waals surface area contributed by atoms with Crippen molar-refractivity contribution in [1.29, 1.82) is 0 Å². The van der Waals surface area contributed by atoms with Crippen LogP contribution in [0.2, 0.25) is 0 Å². The van der Waals surface area contributed by atoms with Crippen molar-refractivity contribution in [3.63, 3.8) is 0 Å². The van der Waals surface area contributed by atoms with Gasteiger partial charge in [0.15, 0.2) is 0 Å². The SMILES string of the molecule is c1ccc(-c2ccc(N(c3ccc4c(c3)c3ccccc3n4-c3ccc4oc5ccccc5c4c3)c3ccc4c(c3)c3ccccc3n4-c3ccc4oc5ccccc5c4c3)cc2)cc1. The highest BCUT2D eigenvalue weighted by Gasteiger charge is 2.21. The molecule has 0 aliphatic heterocycles. The lowest BCUT2D eigenvalue weighted by atomic mass is 10.0. The van der Waals surface area contributed by atoms with Gasteiger partial charge in [0.25, 0.3) is 0 Å². The Morgan fingerprint density at radius 1 is 0.262 bits per heavy atom. The molecule has 5 heteroatoms. The molecule has 0 bridgehead atoms. The highest BCUT2D eigenvalue weighted by molar-refractivity contribution is 6.14. The molecule has 14 rings (SSSR count). The molecule has 0 fully saturated rings. The maximum atomic E-state index is 6.24. The first kappa shape index (κ1) is 35.8. The highest BCUT2D eigenvalue weighted by Crippen LogP contribution is 2.44. The van der Waals surface area contributed by atoms with Crippen LogP contribution in [0, 0.1) is 0 Å². The van der Waals surface area contributed by atoms with Crippen molar-refractivity contribution in [1.82, 2.24) is 9.13 Å². The molecule has 0 saturated heterocycles. The van der Waals surface area contributed by atoms with E-state index in [-0.39, 0.29) is 0 Å². The van der Waals surface area contributed by atoms with E-state index in [0.717, 1.165) is 94.4 Å². The van der Waals surface area contributed by atoms with Crippen LogP contribution in [-0.4, -0.2) is 9.13 Å². The first-order chi connectivity index (χ1) is 32.2. The average Bonchev–Trinajstić information content (AvgIpc) is 4.12. The molecule has 0 aliphatic rings. The number of fused-ring (bicyclic) bond motifs is 12. The molecule has 0 saturated carbocycles. The maximum Gasteiger partial charge on any atom is 0.135 e. The summed E-state index contributed by atoms with van der Waals surface area (Å²) in [5.74, 6) is 0. The fraction of sp³-hybridized carbons (Fsp3) is 0. The Morgan fingerprint density at radius 2 is 0.662 bits per heavy atom. The number of hydrogen-bond acceptors (Lipinski definition) is 3. The van der Waals surface area contributed by atoms with E-state index in [2.05, 4.69) is 214 Å². The smallest absolute Gasteiger partial charge is 0.135 e. The fourth-order valence-electron chi connectivity index (χ4n) is 10.3. The summed E-state index contributed by atoms with van der Waals surface area (Å²) in [7, 11) is 0. The van der Waals surface area contributed by atoms with Gasteiger partial charge in [-0.1, -0.05) is 115 Å². The van der Waals surface area contributed by atoms with Gasteiger partial charge in [0, 0.05) is 71.5 Å². The van der Waals surface area contributed by atoms with Crippen LogP contribution in [0.25, 0.3) is 110 Å². The van der Waals surface area contributed by atoms with Crippen LogP contribution in [0.4, 0.5) is 17.1 Å². The van der Waals surface area contributed by atoms with E-state index in [0.29, 0.717) is 0 Å². The summed E-state index contributed by atoms with van der Waals surface area (Å²) in [4.78, 5) is 2.40. The molecule has 0 N–H and O–H groups in total. The molecule has 0 unspecified atom stereocenters. The van der Waals surface area contributed by atoms with Crippen LogP contribution in [0.1, 0.15) is 0 Å². The number of para-hydroxylation sites is 4. The zero-order chi connectivity index (χ0) is 42.6. The molecule has 4 aromatic heterocycles. The molecule has 0 spiro atoms. The normalized spacial score (nSPS) is 12.0. The Balaban J connectivity index is 0.965. The van der Waals surface area contributed by atoms with Gasteiger partial charge in [-0.25, -0.2) is 0 Å². The van der Waals surface area contributed by atoms with Crippen LogP contribution in [0.3, 0.4) is 0 Å². The van der Waals surface area contributed by atoms with Crippen molar-refractivity contribution in [2.24, 2.45) is 0 Å². The average molecular weight is 832 g/mol. The molecule has 5 nitrogen and oxygen atoms in total. The van der Waals surface area contributed by atoms with Crippen molar-refractivity contribution < 1.29 is 8.83 Å². The predicted molar refractivity (Wildman–Crippen MR) is 270 cm³/mol. The number of hydrogen-bond donors (Lipinski definition) is 0. The van der Waals surface area contributed by atoms with E-state index in [1.54, 1.807) is 0 Å². The zero-order valence-corrected chi connectivity index (χ0v) is 35.0. The van der Waals surface area contributed by atoms with Crippen LogP contribution in [0.5, 0.6) is 0 Å². The quantitative estimate of drug-likeness (QED) is 0.168. The summed E-state index contributed by atoms with van der Waals surface area (Å²) in [5, 5.41) is 9.21. The molecule has 4 heterocycles. The number of furan rings is 2. The number of anilines is 3. The monoisotopic (exact) mass is 831 g/mol. The summed E-state index contributed by atoms with van der Waals surface area (Å²) in [5.41, 5.74) is 15.9. The first-order valence-corrected chi connectivity index (χ1v) is 22.1. The third-order valence-corrected chi connectivity index (χ3v) is 13.3. The number of nitrogens with zero attached hydrogens (tertiary/aromatic N) is 3.